The average Bonchev–Trinajstić information content (AvgIpc) is 2.51. The van der Waals surface area contributed by atoms with Gasteiger partial charge in [0, 0.05) is 0 Å². The summed E-state index contributed by atoms with van der Waals surface area (Å²) < 4.78 is 4.55. The number of aliphatic carboxylic acids is 1. The molecule has 1 fully saturated rings. The second-order valence-corrected chi connectivity index (χ2v) is 2.98. The lowest BCUT2D eigenvalue weighted by atomic mass is 10.1. The number of ether oxygens (including phenoxy) is 1. The molecule has 0 aromatic rings. The SMILES string of the molecule is O=C(O)COC(=O)C1CCCC1. The van der Waals surface area contributed by atoms with Crippen LogP contribution in [0.4, 0.5) is 0 Å². The standard InChI is InChI=1S/C8H12O4/c9-7(10)5-12-8(11)6-3-1-2-4-6/h6H,1-5H2,(H,9,10). The fourth-order valence-corrected chi connectivity index (χ4v) is 1.41. The Morgan fingerprint density at radius 2 is 1.92 bits per heavy atom. The van der Waals surface area contributed by atoms with Crippen molar-refractivity contribution in [2.24, 2.45) is 5.92 Å². The molecule has 4 nitrogen and oxygen atoms in total. The van der Waals surface area contributed by atoms with Crippen LogP contribution in [0.15, 0.2) is 0 Å². The minimum absolute atomic E-state index is 0.0515. The molecule has 0 radical (unpaired) electrons. The van der Waals surface area contributed by atoms with Gasteiger partial charge in [-0.25, -0.2) is 4.79 Å². The molecule has 1 N–H and O–H groups in total. The Morgan fingerprint density at radius 3 is 2.42 bits per heavy atom. The zero-order valence-electron chi connectivity index (χ0n) is 6.78. The molecule has 0 aromatic carbocycles. The molecule has 12 heavy (non-hydrogen) atoms. The molecule has 0 atom stereocenters. The third-order valence-corrected chi connectivity index (χ3v) is 2.03. The van der Waals surface area contributed by atoms with Crippen molar-refractivity contribution in [1.29, 1.82) is 0 Å². The number of esters is 1. The van der Waals surface area contributed by atoms with Crippen LogP contribution >= 0.6 is 0 Å². The first-order chi connectivity index (χ1) is 5.70. The molecule has 68 valence electrons. The number of carboxylic acid groups (broad SMARTS) is 1. The molecule has 1 saturated carbocycles. The quantitative estimate of drug-likeness (QED) is 0.639. The van der Waals surface area contributed by atoms with E-state index in [9.17, 15) is 9.59 Å². The van der Waals surface area contributed by atoms with E-state index in [2.05, 4.69) is 4.74 Å². The Kier molecular flexibility index (Phi) is 3.08. The Labute approximate surface area is 70.5 Å². The highest BCUT2D eigenvalue weighted by Crippen LogP contribution is 2.25. The lowest BCUT2D eigenvalue weighted by molar-refractivity contribution is -0.158. The van der Waals surface area contributed by atoms with Crippen molar-refractivity contribution < 1.29 is 19.4 Å². The van der Waals surface area contributed by atoms with Gasteiger partial charge in [0.1, 0.15) is 0 Å². The molecule has 0 aliphatic heterocycles. The Hall–Kier alpha value is -1.06. The minimum atomic E-state index is -1.10. The van der Waals surface area contributed by atoms with Crippen molar-refractivity contribution in [3.63, 3.8) is 0 Å². The number of hydrogen-bond donors (Lipinski definition) is 1. The predicted octanol–water partition coefficient (Wildman–Crippen LogP) is 0.804. The maximum atomic E-state index is 11.1. The largest absolute Gasteiger partial charge is 0.479 e. The lowest BCUT2D eigenvalue weighted by Gasteiger charge is -2.06. The van der Waals surface area contributed by atoms with Crippen molar-refractivity contribution in [2.75, 3.05) is 6.61 Å². The van der Waals surface area contributed by atoms with Gasteiger partial charge in [0.05, 0.1) is 5.92 Å². The summed E-state index contributed by atoms with van der Waals surface area (Å²) in [6.45, 7) is -0.505. The highest BCUT2D eigenvalue weighted by atomic mass is 16.5. The number of hydrogen-bond acceptors (Lipinski definition) is 3. The van der Waals surface area contributed by atoms with Gasteiger partial charge in [-0.05, 0) is 12.8 Å². The van der Waals surface area contributed by atoms with Gasteiger partial charge >= 0.3 is 11.9 Å². The van der Waals surface area contributed by atoms with Crippen LogP contribution in [-0.4, -0.2) is 23.7 Å². The average molecular weight is 172 g/mol. The summed E-state index contributed by atoms with van der Waals surface area (Å²) in [7, 11) is 0. The summed E-state index contributed by atoms with van der Waals surface area (Å²) in [6.07, 6.45) is 3.79. The van der Waals surface area contributed by atoms with Crippen molar-refractivity contribution in [3.05, 3.63) is 0 Å². The number of carboxylic acids is 1. The Morgan fingerprint density at radius 1 is 1.33 bits per heavy atom. The van der Waals surface area contributed by atoms with Gasteiger partial charge in [0.2, 0.25) is 0 Å². The molecular weight excluding hydrogens is 160 g/mol. The zero-order valence-corrected chi connectivity index (χ0v) is 6.78. The normalized spacial score (nSPS) is 17.7. The van der Waals surface area contributed by atoms with Gasteiger partial charge < -0.3 is 9.84 Å². The second kappa shape index (κ2) is 4.09. The molecule has 0 amide bonds. The van der Waals surface area contributed by atoms with E-state index in [1.807, 2.05) is 0 Å². The summed E-state index contributed by atoms with van der Waals surface area (Å²) in [5.74, 6) is -1.50. The van der Waals surface area contributed by atoms with Crippen LogP contribution in [0.2, 0.25) is 0 Å². The third kappa shape index (κ3) is 2.53. The summed E-state index contributed by atoms with van der Waals surface area (Å²) in [6, 6.07) is 0. The first-order valence-corrected chi connectivity index (χ1v) is 4.08. The molecule has 0 unspecified atom stereocenters. The topological polar surface area (TPSA) is 63.6 Å². The predicted molar refractivity (Wildman–Crippen MR) is 40.6 cm³/mol. The van der Waals surface area contributed by atoms with Crippen LogP contribution in [0.3, 0.4) is 0 Å². The summed E-state index contributed by atoms with van der Waals surface area (Å²) in [4.78, 5) is 21.1. The van der Waals surface area contributed by atoms with E-state index in [0.29, 0.717) is 0 Å². The summed E-state index contributed by atoms with van der Waals surface area (Å²) in [5.41, 5.74) is 0. The molecule has 0 spiro atoms. The van der Waals surface area contributed by atoms with Crippen molar-refractivity contribution in [1.82, 2.24) is 0 Å². The van der Waals surface area contributed by atoms with Gasteiger partial charge in [-0.1, -0.05) is 12.8 Å². The number of carbonyl (C=O) groups is 2. The van der Waals surface area contributed by atoms with Gasteiger partial charge in [0.25, 0.3) is 0 Å². The highest BCUT2D eigenvalue weighted by molar-refractivity contribution is 5.76. The molecule has 4 heteroatoms. The van der Waals surface area contributed by atoms with E-state index in [1.165, 1.54) is 0 Å². The van der Waals surface area contributed by atoms with Crippen LogP contribution in [0, 0.1) is 5.92 Å². The maximum absolute atomic E-state index is 11.1. The first kappa shape index (κ1) is 9.03. The Bertz CT molecular complexity index is 181. The molecule has 0 heterocycles. The monoisotopic (exact) mass is 172 g/mol. The van der Waals surface area contributed by atoms with E-state index >= 15 is 0 Å². The van der Waals surface area contributed by atoms with Gasteiger partial charge in [-0.3, -0.25) is 4.79 Å². The number of rotatable bonds is 3. The molecule has 0 aromatic heterocycles. The lowest BCUT2D eigenvalue weighted by Crippen LogP contribution is -2.18. The smallest absolute Gasteiger partial charge is 0.341 e. The van der Waals surface area contributed by atoms with Crippen molar-refractivity contribution in [3.8, 4) is 0 Å². The van der Waals surface area contributed by atoms with E-state index in [-0.39, 0.29) is 11.9 Å². The molecule has 1 rings (SSSR count). The van der Waals surface area contributed by atoms with Crippen molar-refractivity contribution >= 4 is 11.9 Å². The Balaban J connectivity index is 2.23. The van der Waals surface area contributed by atoms with E-state index in [1.54, 1.807) is 0 Å². The molecular formula is C8H12O4. The zero-order chi connectivity index (χ0) is 8.97. The van der Waals surface area contributed by atoms with Crippen molar-refractivity contribution in [2.45, 2.75) is 25.7 Å². The van der Waals surface area contributed by atoms with E-state index in [0.717, 1.165) is 25.7 Å². The molecule has 0 bridgehead atoms. The summed E-state index contributed by atoms with van der Waals surface area (Å²) >= 11 is 0. The van der Waals surface area contributed by atoms with Crippen LogP contribution in [0.5, 0.6) is 0 Å². The van der Waals surface area contributed by atoms with Crippen LogP contribution in [0.1, 0.15) is 25.7 Å². The third-order valence-electron chi connectivity index (χ3n) is 2.03. The van der Waals surface area contributed by atoms with Crippen LogP contribution in [0.25, 0.3) is 0 Å². The highest BCUT2D eigenvalue weighted by Gasteiger charge is 2.24. The van der Waals surface area contributed by atoms with Crippen LogP contribution in [-0.2, 0) is 14.3 Å². The maximum Gasteiger partial charge on any atom is 0.341 e. The summed E-state index contributed by atoms with van der Waals surface area (Å²) in [5, 5.41) is 8.23. The minimum Gasteiger partial charge on any atom is -0.479 e. The molecule has 1 aliphatic carbocycles. The van der Waals surface area contributed by atoms with Crippen LogP contribution < -0.4 is 0 Å². The first-order valence-electron chi connectivity index (χ1n) is 4.08. The van der Waals surface area contributed by atoms with Gasteiger partial charge in [-0.15, -0.1) is 0 Å². The van der Waals surface area contributed by atoms with E-state index < -0.39 is 12.6 Å². The second-order valence-electron chi connectivity index (χ2n) is 2.98. The molecule has 1 aliphatic rings. The van der Waals surface area contributed by atoms with E-state index in [4.69, 9.17) is 5.11 Å². The van der Waals surface area contributed by atoms with Gasteiger partial charge in [-0.2, -0.15) is 0 Å². The molecule has 0 saturated heterocycles. The fraction of sp³-hybridized carbons (Fsp3) is 0.750. The fourth-order valence-electron chi connectivity index (χ4n) is 1.41. The number of carbonyl (C=O) groups excluding carboxylic acids is 1. The van der Waals surface area contributed by atoms with Gasteiger partial charge in [0.15, 0.2) is 6.61 Å².